The number of methoxy groups -OCH3 is 1. The average Bonchev–Trinajstić information content (AvgIpc) is 3.11. The summed E-state index contributed by atoms with van der Waals surface area (Å²) in [5.41, 5.74) is 4.43. The van der Waals surface area contributed by atoms with Crippen LogP contribution in [0.4, 0.5) is 5.13 Å². The van der Waals surface area contributed by atoms with E-state index in [1.54, 1.807) is 11.3 Å². The highest BCUT2D eigenvalue weighted by Gasteiger charge is 2.22. The van der Waals surface area contributed by atoms with Crippen LogP contribution in [-0.4, -0.2) is 28.7 Å². The molecule has 6 heteroatoms. The molecule has 3 rings (SSSR count). The molecular formula is C16H21N3O2S. The quantitative estimate of drug-likeness (QED) is 0.830. The van der Waals surface area contributed by atoms with Gasteiger partial charge in [-0.05, 0) is 32.8 Å². The molecule has 5 nitrogen and oxygen atoms in total. The maximum atomic E-state index is 11.3. The Morgan fingerprint density at radius 2 is 2.27 bits per heavy atom. The van der Waals surface area contributed by atoms with Crippen LogP contribution in [0.25, 0.3) is 11.3 Å². The Bertz CT molecular complexity index is 686. The first-order valence-electron chi connectivity index (χ1n) is 7.54. The first-order valence-corrected chi connectivity index (χ1v) is 8.42. The van der Waals surface area contributed by atoms with Crippen LogP contribution in [0.1, 0.15) is 30.7 Å². The predicted molar refractivity (Wildman–Crippen MR) is 88.3 cm³/mol. The Balaban J connectivity index is 1.78. The van der Waals surface area contributed by atoms with Gasteiger partial charge in [-0.15, -0.1) is 11.3 Å². The van der Waals surface area contributed by atoms with Crippen molar-refractivity contribution in [2.24, 2.45) is 0 Å². The molecule has 0 amide bonds. The highest BCUT2D eigenvalue weighted by Crippen LogP contribution is 2.32. The van der Waals surface area contributed by atoms with E-state index < -0.39 is 0 Å². The maximum absolute atomic E-state index is 11.3. The van der Waals surface area contributed by atoms with Gasteiger partial charge in [-0.1, -0.05) is 0 Å². The molecular weight excluding hydrogens is 298 g/mol. The highest BCUT2D eigenvalue weighted by atomic mass is 32.1. The van der Waals surface area contributed by atoms with Gasteiger partial charge in [0.1, 0.15) is 0 Å². The number of nitrogens with one attached hydrogen (secondary N) is 1. The molecule has 2 aromatic heterocycles. The van der Waals surface area contributed by atoms with Crippen molar-refractivity contribution in [2.45, 2.75) is 45.7 Å². The second kappa shape index (κ2) is 6.12. The number of thiazole rings is 1. The van der Waals surface area contributed by atoms with Gasteiger partial charge in [0.2, 0.25) is 0 Å². The predicted octanol–water partition coefficient (Wildman–Crippen LogP) is 3.37. The number of nitrogens with zero attached hydrogens (tertiary/aromatic N) is 2. The van der Waals surface area contributed by atoms with Gasteiger partial charge in [0.25, 0.3) is 0 Å². The summed E-state index contributed by atoms with van der Waals surface area (Å²) in [6.07, 6.45) is 2.88. The minimum absolute atomic E-state index is 0.182. The monoisotopic (exact) mass is 319 g/mol. The molecule has 22 heavy (non-hydrogen) atoms. The number of aromatic nitrogens is 2. The Hall–Kier alpha value is -1.82. The van der Waals surface area contributed by atoms with E-state index in [0.29, 0.717) is 19.0 Å². The van der Waals surface area contributed by atoms with Crippen LogP contribution >= 0.6 is 11.3 Å². The van der Waals surface area contributed by atoms with Crippen molar-refractivity contribution in [2.75, 3.05) is 12.4 Å². The van der Waals surface area contributed by atoms with Gasteiger partial charge < -0.3 is 14.6 Å². The molecule has 1 aliphatic rings. The first kappa shape index (κ1) is 15.1. The van der Waals surface area contributed by atoms with Crippen molar-refractivity contribution in [3.8, 4) is 11.3 Å². The van der Waals surface area contributed by atoms with Crippen molar-refractivity contribution in [1.82, 2.24) is 9.55 Å². The van der Waals surface area contributed by atoms with Crippen molar-refractivity contribution >= 4 is 22.4 Å². The van der Waals surface area contributed by atoms with Crippen LogP contribution in [0.5, 0.6) is 0 Å². The van der Waals surface area contributed by atoms with Crippen LogP contribution in [0.3, 0.4) is 0 Å². The molecule has 1 fully saturated rings. The number of carbonyl (C=O) groups excluding carboxylic acids is 1. The van der Waals surface area contributed by atoms with Crippen molar-refractivity contribution in [3.63, 3.8) is 0 Å². The van der Waals surface area contributed by atoms with Crippen LogP contribution in [0, 0.1) is 13.8 Å². The molecule has 2 heterocycles. The summed E-state index contributed by atoms with van der Waals surface area (Å²) in [6, 6.07) is 2.76. The number of anilines is 1. The Kier molecular flexibility index (Phi) is 4.20. The fourth-order valence-electron chi connectivity index (χ4n) is 2.58. The Morgan fingerprint density at radius 1 is 1.50 bits per heavy atom. The second-order valence-electron chi connectivity index (χ2n) is 5.72. The zero-order chi connectivity index (χ0) is 15.7. The molecule has 0 aliphatic heterocycles. The summed E-state index contributed by atoms with van der Waals surface area (Å²) in [6.45, 7) is 4.78. The van der Waals surface area contributed by atoms with Crippen molar-refractivity contribution in [3.05, 3.63) is 22.8 Å². The van der Waals surface area contributed by atoms with Gasteiger partial charge in [0.15, 0.2) is 5.13 Å². The molecule has 1 aliphatic carbocycles. The molecule has 1 saturated carbocycles. The number of rotatable bonds is 6. The normalized spacial score (nSPS) is 14.1. The van der Waals surface area contributed by atoms with E-state index in [9.17, 15) is 4.79 Å². The summed E-state index contributed by atoms with van der Waals surface area (Å²) in [4.78, 5) is 16.0. The average molecular weight is 319 g/mol. The maximum Gasteiger partial charge on any atom is 0.307 e. The number of ether oxygens (including phenoxy) is 1. The minimum atomic E-state index is -0.182. The molecule has 0 saturated heterocycles. The number of aryl methyl sites for hydroxylation is 1. The summed E-state index contributed by atoms with van der Waals surface area (Å²) < 4.78 is 6.87. The third kappa shape index (κ3) is 3.16. The van der Waals surface area contributed by atoms with Crippen LogP contribution in [0.2, 0.25) is 0 Å². The van der Waals surface area contributed by atoms with E-state index in [0.717, 1.165) is 27.8 Å². The van der Waals surface area contributed by atoms with E-state index in [1.807, 2.05) is 0 Å². The summed E-state index contributed by atoms with van der Waals surface area (Å²) in [7, 11) is 1.42. The lowest BCUT2D eigenvalue weighted by atomic mass is 10.2. The second-order valence-corrected chi connectivity index (χ2v) is 6.58. The van der Waals surface area contributed by atoms with E-state index in [1.165, 1.54) is 20.0 Å². The molecule has 0 aromatic carbocycles. The van der Waals surface area contributed by atoms with Gasteiger partial charge in [-0.3, -0.25) is 4.79 Å². The Morgan fingerprint density at radius 3 is 2.95 bits per heavy atom. The highest BCUT2D eigenvalue weighted by molar-refractivity contribution is 7.14. The third-order valence-electron chi connectivity index (χ3n) is 4.03. The van der Waals surface area contributed by atoms with Gasteiger partial charge in [-0.2, -0.15) is 0 Å². The minimum Gasteiger partial charge on any atom is -0.469 e. The number of esters is 1. The Labute approximate surface area is 134 Å². The number of hydrogen-bond donors (Lipinski definition) is 1. The number of carbonyl (C=O) groups is 1. The van der Waals surface area contributed by atoms with E-state index in [-0.39, 0.29) is 5.97 Å². The summed E-state index contributed by atoms with van der Waals surface area (Å²) >= 11 is 1.65. The molecule has 118 valence electrons. The number of hydrogen-bond acceptors (Lipinski definition) is 5. The van der Waals surface area contributed by atoms with Gasteiger partial charge in [0, 0.05) is 34.9 Å². The fraction of sp³-hybridized carbons (Fsp3) is 0.500. The first-order chi connectivity index (χ1) is 10.6. The molecule has 0 atom stereocenters. The van der Waals surface area contributed by atoms with Crippen molar-refractivity contribution < 1.29 is 9.53 Å². The van der Waals surface area contributed by atoms with Gasteiger partial charge in [-0.25, -0.2) is 4.98 Å². The lowest BCUT2D eigenvalue weighted by molar-refractivity contribution is -0.140. The molecule has 0 spiro atoms. The summed E-state index contributed by atoms with van der Waals surface area (Å²) in [5.74, 6) is -0.182. The molecule has 0 unspecified atom stereocenters. The summed E-state index contributed by atoms with van der Waals surface area (Å²) in [5, 5.41) is 6.53. The standard InChI is InChI=1S/C16H21N3O2S/c1-10-8-13(11(2)19(10)7-6-15(20)21-3)14-9-22-16(18-14)17-12-4-5-12/h8-9,12H,4-7H2,1-3H3,(H,17,18). The van der Waals surface area contributed by atoms with Crippen molar-refractivity contribution in [1.29, 1.82) is 0 Å². The van der Waals surface area contributed by atoms with E-state index in [2.05, 4.69) is 40.2 Å². The van der Waals surface area contributed by atoms with Crippen LogP contribution in [0.15, 0.2) is 11.4 Å². The lowest BCUT2D eigenvalue weighted by Crippen LogP contribution is -2.09. The third-order valence-corrected chi connectivity index (χ3v) is 4.80. The lowest BCUT2D eigenvalue weighted by Gasteiger charge is -2.08. The molecule has 0 bridgehead atoms. The fourth-order valence-corrected chi connectivity index (χ4v) is 3.36. The SMILES string of the molecule is COC(=O)CCn1c(C)cc(-c2csc(NC3CC3)n2)c1C. The largest absolute Gasteiger partial charge is 0.469 e. The van der Waals surface area contributed by atoms with Gasteiger partial charge >= 0.3 is 5.97 Å². The molecule has 0 radical (unpaired) electrons. The molecule has 2 aromatic rings. The van der Waals surface area contributed by atoms with Gasteiger partial charge in [0.05, 0.1) is 19.2 Å². The van der Waals surface area contributed by atoms with Crippen LogP contribution < -0.4 is 5.32 Å². The zero-order valence-electron chi connectivity index (χ0n) is 13.2. The molecule has 1 N–H and O–H groups in total. The van der Waals surface area contributed by atoms with Crippen LogP contribution in [-0.2, 0) is 16.1 Å². The topological polar surface area (TPSA) is 56.1 Å². The van der Waals surface area contributed by atoms with E-state index >= 15 is 0 Å². The smallest absolute Gasteiger partial charge is 0.307 e. The van der Waals surface area contributed by atoms with E-state index in [4.69, 9.17) is 4.74 Å². The zero-order valence-corrected chi connectivity index (χ0v) is 14.0.